The molecule has 0 saturated carbocycles. The number of nitrogens with two attached hydrogens (primary N) is 1. The van der Waals surface area contributed by atoms with Crippen molar-refractivity contribution in [1.29, 1.82) is 0 Å². The van der Waals surface area contributed by atoms with Crippen LogP contribution in [0.3, 0.4) is 0 Å². The summed E-state index contributed by atoms with van der Waals surface area (Å²) in [7, 11) is 0. The van der Waals surface area contributed by atoms with Crippen molar-refractivity contribution in [1.82, 2.24) is 9.78 Å². The number of benzene rings is 2. The zero-order valence-corrected chi connectivity index (χ0v) is 13.0. The Morgan fingerprint density at radius 2 is 1.65 bits per heavy atom. The van der Waals surface area contributed by atoms with Gasteiger partial charge in [-0.15, -0.1) is 0 Å². The molecule has 3 rings (SSSR count). The van der Waals surface area contributed by atoms with E-state index in [9.17, 15) is 4.79 Å². The fourth-order valence-electron chi connectivity index (χ4n) is 2.54. The Morgan fingerprint density at radius 3 is 2.26 bits per heavy atom. The molecule has 1 heterocycles. The zero-order valence-electron chi connectivity index (χ0n) is 13.0. The molecule has 0 spiro atoms. The van der Waals surface area contributed by atoms with E-state index in [4.69, 9.17) is 5.73 Å². The first kappa shape index (κ1) is 15.2. The Bertz CT molecular complexity index is 839. The fraction of sp³-hybridized carbons (Fsp3) is 0.158. The molecule has 0 radical (unpaired) electrons. The van der Waals surface area contributed by atoms with Crippen LogP contribution in [-0.2, 0) is 6.54 Å². The Balaban J connectivity index is 2.10. The second-order valence-corrected chi connectivity index (χ2v) is 5.58. The Morgan fingerprint density at radius 1 is 1.04 bits per heavy atom. The minimum Gasteiger partial charge on any atom is -0.324 e. The molecule has 0 bridgehead atoms. The highest BCUT2D eigenvalue weighted by atomic mass is 16.1. The molecule has 3 aromatic rings. The molecule has 0 fully saturated rings. The summed E-state index contributed by atoms with van der Waals surface area (Å²) in [5.41, 5.74) is 9.42. The SMILES string of the molecule is CC(N)c1cc(=O)n(Cc2ccccc2)nc1-c1ccccc1. The van der Waals surface area contributed by atoms with Crippen LogP contribution in [0.4, 0.5) is 0 Å². The van der Waals surface area contributed by atoms with Gasteiger partial charge in [0.15, 0.2) is 0 Å². The van der Waals surface area contributed by atoms with Gasteiger partial charge in [0.25, 0.3) is 5.56 Å². The molecule has 116 valence electrons. The van der Waals surface area contributed by atoms with Gasteiger partial charge in [-0.05, 0) is 12.5 Å². The molecule has 1 atom stereocenters. The average molecular weight is 305 g/mol. The second kappa shape index (κ2) is 6.58. The highest BCUT2D eigenvalue weighted by molar-refractivity contribution is 5.62. The van der Waals surface area contributed by atoms with Crippen LogP contribution in [0.15, 0.2) is 71.5 Å². The monoisotopic (exact) mass is 305 g/mol. The van der Waals surface area contributed by atoms with E-state index >= 15 is 0 Å². The van der Waals surface area contributed by atoms with Crippen LogP contribution < -0.4 is 11.3 Å². The molecule has 0 amide bonds. The van der Waals surface area contributed by atoms with Crippen molar-refractivity contribution in [3.8, 4) is 11.3 Å². The van der Waals surface area contributed by atoms with E-state index in [0.717, 1.165) is 22.4 Å². The molecule has 2 N–H and O–H groups in total. The van der Waals surface area contributed by atoms with Crippen molar-refractivity contribution in [3.63, 3.8) is 0 Å². The van der Waals surface area contributed by atoms with Crippen LogP contribution in [0.25, 0.3) is 11.3 Å². The molecule has 1 aromatic heterocycles. The summed E-state index contributed by atoms with van der Waals surface area (Å²) in [5.74, 6) is 0. The van der Waals surface area contributed by atoms with Gasteiger partial charge in [0.1, 0.15) is 0 Å². The van der Waals surface area contributed by atoms with Gasteiger partial charge >= 0.3 is 0 Å². The summed E-state index contributed by atoms with van der Waals surface area (Å²) in [6, 6.07) is 21.0. The van der Waals surface area contributed by atoms with Crippen LogP contribution in [0.5, 0.6) is 0 Å². The van der Waals surface area contributed by atoms with Crippen LogP contribution in [-0.4, -0.2) is 9.78 Å². The number of aromatic nitrogens is 2. The molecule has 0 aliphatic heterocycles. The smallest absolute Gasteiger partial charge is 0.267 e. The normalized spacial score (nSPS) is 12.1. The molecule has 2 aromatic carbocycles. The predicted octanol–water partition coefficient (Wildman–Crippen LogP) is 2.98. The molecular formula is C19H19N3O. The molecule has 4 nitrogen and oxygen atoms in total. The molecule has 1 unspecified atom stereocenters. The minimum absolute atomic E-state index is 0.138. The first-order chi connectivity index (χ1) is 11.1. The molecule has 0 aliphatic carbocycles. The predicted molar refractivity (Wildman–Crippen MR) is 92.1 cm³/mol. The van der Waals surface area contributed by atoms with E-state index in [1.807, 2.05) is 67.6 Å². The third-order valence-corrected chi connectivity index (χ3v) is 3.74. The standard InChI is InChI=1S/C19H19N3O/c1-14(20)17-12-18(23)22(13-15-8-4-2-5-9-15)21-19(17)16-10-6-3-7-11-16/h2-12,14H,13,20H2,1H3. The summed E-state index contributed by atoms with van der Waals surface area (Å²) in [5, 5.41) is 4.58. The summed E-state index contributed by atoms with van der Waals surface area (Å²) in [4.78, 5) is 12.4. The van der Waals surface area contributed by atoms with Gasteiger partial charge < -0.3 is 5.73 Å². The lowest BCUT2D eigenvalue weighted by molar-refractivity contribution is 0.631. The van der Waals surface area contributed by atoms with Crippen LogP contribution in [0, 0.1) is 0 Å². The van der Waals surface area contributed by atoms with Crippen molar-refractivity contribution in [2.45, 2.75) is 19.5 Å². The van der Waals surface area contributed by atoms with Crippen molar-refractivity contribution >= 4 is 0 Å². The lowest BCUT2D eigenvalue weighted by atomic mass is 10.0. The van der Waals surface area contributed by atoms with Gasteiger partial charge in [-0.25, -0.2) is 4.68 Å². The average Bonchev–Trinajstić information content (AvgIpc) is 2.58. The quantitative estimate of drug-likeness (QED) is 0.806. The van der Waals surface area contributed by atoms with E-state index < -0.39 is 0 Å². The molecule has 0 aliphatic rings. The van der Waals surface area contributed by atoms with Crippen molar-refractivity contribution < 1.29 is 0 Å². The maximum absolute atomic E-state index is 12.4. The van der Waals surface area contributed by atoms with Crippen LogP contribution in [0.1, 0.15) is 24.1 Å². The number of hydrogen-bond donors (Lipinski definition) is 1. The van der Waals surface area contributed by atoms with E-state index in [1.54, 1.807) is 6.07 Å². The lowest BCUT2D eigenvalue weighted by Gasteiger charge is -2.14. The van der Waals surface area contributed by atoms with Gasteiger partial charge in [0.05, 0.1) is 12.2 Å². The van der Waals surface area contributed by atoms with Gasteiger partial charge in [0.2, 0.25) is 0 Å². The van der Waals surface area contributed by atoms with Gasteiger partial charge in [-0.2, -0.15) is 5.10 Å². The summed E-state index contributed by atoms with van der Waals surface area (Å²) in [6.07, 6.45) is 0. The van der Waals surface area contributed by atoms with E-state index in [-0.39, 0.29) is 11.6 Å². The van der Waals surface area contributed by atoms with Gasteiger partial charge in [-0.3, -0.25) is 4.79 Å². The maximum Gasteiger partial charge on any atom is 0.267 e. The number of hydrogen-bond acceptors (Lipinski definition) is 3. The second-order valence-electron chi connectivity index (χ2n) is 5.58. The van der Waals surface area contributed by atoms with Crippen molar-refractivity contribution in [3.05, 3.63) is 88.2 Å². The van der Waals surface area contributed by atoms with Gasteiger partial charge in [-0.1, -0.05) is 60.7 Å². The van der Waals surface area contributed by atoms with Crippen molar-refractivity contribution in [2.24, 2.45) is 5.73 Å². The molecule has 23 heavy (non-hydrogen) atoms. The Kier molecular flexibility index (Phi) is 4.35. The lowest BCUT2D eigenvalue weighted by Crippen LogP contribution is -2.26. The third kappa shape index (κ3) is 3.38. The summed E-state index contributed by atoms with van der Waals surface area (Å²) in [6.45, 7) is 2.31. The summed E-state index contributed by atoms with van der Waals surface area (Å²) >= 11 is 0. The summed E-state index contributed by atoms with van der Waals surface area (Å²) < 4.78 is 1.49. The first-order valence-electron chi connectivity index (χ1n) is 7.62. The largest absolute Gasteiger partial charge is 0.324 e. The zero-order chi connectivity index (χ0) is 16.2. The highest BCUT2D eigenvalue weighted by Gasteiger charge is 2.14. The number of rotatable bonds is 4. The molecular weight excluding hydrogens is 286 g/mol. The molecule has 4 heteroatoms. The van der Waals surface area contributed by atoms with Crippen LogP contribution >= 0.6 is 0 Å². The topological polar surface area (TPSA) is 60.9 Å². The minimum atomic E-state index is -0.253. The Labute approximate surface area is 135 Å². The van der Waals surface area contributed by atoms with E-state index in [0.29, 0.717) is 6.54 Å². The fourth-order valence-corrected chi connectivity index (χ4v) is 2.54. The van der Waals surface area contributed by atoms with E-state index in [2.05, 4.69) is 5.10 Å². The maximum atomic E-state index is 12.4. The van der Waals surface area contributed by atoms with Crippen molar-refractivity contribution in [2.75, 3.05) is 0 Å². The van der Waals surface area contributed by atoms with Crippen LogP contribution in [0.2, 0.25) is 0 Å². The number of nitrogens with zero attached hydrogens (tertiary/aromatic N) is 2. The highest BCUT2D eigenvalue weighted by Crippen LogP contribution is 2.23. The first-order valence-corrected chi connectivity index (χ1v) is 7.62. The third-order valence-electron chi connectivity index (χ3n) is 3.74. The Hall–Kier alpha value is -2.72. The van der Waals surface area contributed by atoms with E-state index in [1.165, 1.54) is 4.68 Å². The molecule has 0 saturated heterocycles. The van der Waals surface area contributed by atoms with Gasteiger partial charge in [0, 0.05) is 23.2 Å².